The molecule has 0 aliphatic rings. The van der Waals surface area contributed by atoms with E-state index in [1.54, 1.807) is 37.6 Å². The van der Waals surface area contributed by atoms with Crippen molar-refractivity contribution in [3.05, 3.63) is 56.5 Å². The van der Waals surface area contributed by atoms with Gasteiger partial charge in [-0.3, -0.25) is 4.79 Å². The third-order valence-corrected chi connectivity index (χ3v) is 4.13. The highest BCUT2D eigenvalue weighted by Crippen LogP contribution is 2.33. The van der Waals surface area contributed by atoms with Crippen LogP contribution in [0.4, 0.5) is 0 Å². The van der Waals surface area contributed by atoms with Crippen LogP contribution in [0.2, 0.25) is 0 Å². The Labute approximate surface area is 150 Å². The molecule has 0 spiro atoms. The average Bonchev–Trinajstić information content (AvgIpc) is 2.54. The number of carbonyl (C=O) groups is 1. The topological polar surface area (TPSA) is 59.9 Å². The number of methoxy groups -OCH3 is 2. The Morgan fingerprint density at radius 1 is 1.13 bits per heavy atom. The van der Waals surface area contributed by atoms with Crippen molar-refractivity contribution in [2.24, 2.45) is 5.10 Å². The molecule has 2 rings (SSSR count). The molecule has 0 atom stereocenters. The number of benzene rings is 2. The first-order valence-corrected chi connectivity index (χ1v) is 8.15. The normalized spacial score (nSPS) is 10.6. The fraction of sp³-hybridized carbons (Fsp3) is 0.125. The van der Waals surface area contributed by atoms with Crippen molar-refractivity contribution in [3.63, 3.8) is 0 Å². The van der Waals surface area contributed by atoms with E-state index in [0.29, 0.717) is 17.1 Å². The number of ether oxygens (including phenoxy) is 2. The summed E-state index contributed by atoms with van der Waals surface area (Å²) in [6.07, 6.45) is 1.54. The lowest BCUT2D eigenvalue weighted by atomic mass is 10.2. The fourth-order valence-corrected chi connectivity index (χ4v) is 3.45. The quantitative estimate of drug-likeness (QED) is 0.563. The van der Waals surface area contributed by atoms with Gasteiger partial charge in [0, 0.05) is 0 Å². The van der Waals surface area contributed by atoms with Gasteiger partial charge in [0.15, 0.2) is 0 Å². The van der Waals surface area contributed by atoms with Crippen molar-refractivity contribution in [3.8, 4) is 11.5 Å². The predicted octanol–water partition coefficient (Wildman–Crippen LogP) is 3.99. The number of para-hydroxylation sites is 1. The van der Waals surface area contributed by atoms with Crippen LogP contribution in [0.1, 0.15) is 15.9 Å². The van der Waals surface area contributed by atoms with Crippen molar-refractivity contribution in [2.75, 3.05) is 14.2 Å². The van der Waals surface area contributed by atoms with Crippen molar-refractivity contribution >= 4 is 44.0 Å². The summed E-state index contributed by atoms with van der Waals surface area (Å²) in [5.41, 5.74) is 3.70. The van der Waals surface area contributed by atoms with Crippen molar-refractivity contribution in [2.45, 2.75) is 0 Å². The molecule has 0 aliphatic carbocycles. The number of hydrogen-bond donors (Lipinski definition) is 1. The second kappa shape index (κ2) is 8.12. The maximum absolute atomic E-state index is 12.1. The minimum atomic E-state index is -0.342. The molecular formula is C16H14Br2N2O3. The van der Waals surface area contributed by atoms with E-state index < -0.39 is 0 Å². The highest BCUT2D eigenvalue weighted by molar-refractivity contribution is 9.11. The summed E-state index contributed by atoms with van der Waals surface area (Å²) in [6.45, 7) is 0. The molecule has 0 saturated carbocycles. The van der Waals surface area contributed by atoms with Gasteiger partial charge < -0.3 is 9.47 Å². The zero-order valence-electron chi connectivity index (χ0n) is 12.5. The van der Waals surface area contributed by atoms with E-state index in [4.69, 9.17) is 9.47 Å². The molecule has 0 aromatic heterocycles. The van der Waals surface area contributed by atoms with E-state index in [-0.39, 0.29) is 5.91 Å². The molecule has 2 aromatic rings. The molecule has 23 heavy (non-hydrogen) atoms. The Bertz CT molecular complexity index is 725. The molecule has 0 heterocycles. The smallest absolute Gasteiger partial charge is 0.275 e. The largest absolute Gasteiger partial charge is 0.496 e. The third-order valence-electron chi connectivity index (χ3n) is 2.96. The number of halogens is 2. The average molecular weight is 442 g/mol. The maximum atomic E-state index is 12.1. The van der Waals surface area contributed by atoms with Crippen LogP contribution in [0.3, 0.4) is 0 Å². The Kier molecular flexibility index (Phi) is 6.18. The number of amides is 1. The van der Waals surface area contributed by atoms with Gasteiger partial charge in [0.1, 0.15) is 11.5 Å². The Hall–Kier alpha value is -1.86. The van der Waals surface area contributed by atoms with Crippen molar-refractivity contribution in [1.29, 1.82) is 0 Å². The molecule has 1 N–H and O–H groups in total. The van der Waals surface area contributed by atoms with Gasteiger partial charge in [0.25, 0.3) is 5.91 Å². The Morgan fingerprint density at radius 3 is 2.39 bits per heavy atom. The lowest BCUT2D eigenvalue weighted by Gasteiger charge is -2.07. The molecule has 0 radical (unpaired) electrons. The first kappa shape index (κ1) is 17.5. The SMILES string of the molecule is COc1ccccc1C(=O)N/N=C/c1cc(Br)c(OC)c(Br)c1. The van der Waals surface area contributed by atoms with Crippen LogP contribution in [-0.4, -0.2) is 26.3 Å². The molecule has 0 aliphatic heterocycles. The molecule has 0 bridgehead atoms. The van der Waals surface area contributed by atoms with Gasteiger partial charge in [-0.05, 0) is 61.7 Å². The van der Waals surface area contributed by atoms with Crippen LogP contribution in [0.5, 0.6) is 11.5 Å². The second-order valence-electron chi connectivity index (χ2n) is 4.42. The molecular weight excluding hydrogens is 428 g/mol. The van der Waals surface area contributed by atoms with Crippen LogP contribution in [0.25, 0.3) is 0 Å². The highest BCUT2D eigenvalue weighted by Gasteiger charge is 2.10. The van der Waals surface area contributed by atoms with Gasteiger partial charge in [-0.1, -0.05) is 12.1 Å². The Balaban J connectivity index is 2.11. The minimum Gasteiger partial charge on any atom is -0.496 e. The van der Waals surface area contributed by atoms with Crippen molar-refractivity contribution < 1.29 is 14.3 Å². The summed E-state index contributed by atoms with van der Waals surface area (Å²) in [7, 11) is 3.11. The standard InChI is InChI=1S/C16H14Br2N2O3/c1-22-14-6-4-3-5-11(14)16(21)20-19-9-10-7-12(17)15(23-2)13(18)8-10/h3-9H,1-2H3,(H,20,21)/b19-9+. The van der Waals surface area contributed by atoms with E-state index in [1.807, 2.05) is 12.1 Å². The summed E-state index contributed by atoms with van der Waals surface area (Å²) < 4.78 is 12.0. The second-order valence-corrected chi connectivity index (χ2v) is 6.13. The first-order chi connectivity index (χ1) is 11.1. The van der Waals surface area contributed by atoms with Crippen LogP contribution in [0, 0.1) is 0 Å². The summed E-state index contributed by atoms with van der Waals surface area (Å²) in [5.74, 6) is 0.848. The van der Waals surface area contributed by atoms with E-state index in [0.717, 1.165) is 14.5 Å². The molecule has 120 valence electrons. The molecule has 0 fully saturated rings. The van der Waals surface area contributed by atoms with Crippen LogP contribution in [0.15, 0.2) is 50.4 Å². The summed E-state index contributed by atoms with van der Waals surface area (Å²) in [5, 5.41) is 3.97. The minimum absolute atomic E-state index is 0.342. The molecule has 1 amide bonds. The number of nitrogens with zero attached hydrogens (tertiary/aromatic N) is 1. The van der Waals surface area contributed by atoms with Gasteiger partial charge in [-0.15, -0.1) is 0 Å². The van der Waals surface area contributed by atoms with Gasteiger partial charge in [0.05, 0.1) is 34.9 Å². The fourth-order valence-electron chi connectivity index (χ4n) is 1.91. The summed E-state index contributed by atoms with van der Waals surface area (Å²) in [4.78, 5) is 12.1. The number of hydrazone groups is 1. The van der Waals surface area contributed by atoms with Gasteiger partial charge in [-0.25, -0.2) is 5.43 Å². The molecule has 2 aromatic carbocycles. The van der Waals surface area contributed by atoms with Crippen molar-refractivity contribution in [1.82, 2.24) is 5.43 Å². The summed E-state index contributed by atoms with van der Waals surface area (Å²) in [6, 6.07) is 10.6. The lowest BCUT2D eigenvalue weighted by Crippen LogP contribution is -2.18. The van der Waals surface area contributed by atoms with E-state index >= 15 is 0 Å². The predicted molar refractivity (Wildman–Crippen MR) is 96.4 cm³/mol. The molecule has 0 saturated heterocycles. The maximum Gasteiger partial charge on any atom is 0.275 e. The monoisotopic (exact) mass is 440 g/mol. The van der Waals surface area contributed by atoms with Gasteiger partial charge in [-0.2, -0.15) is 5.10 Å². The number of nitrogens with one attached hydrogen (secondary N) is 1. The molecule has 0 unspecified atom stereocenters. The van der Waals surface area contributed by atoms with E-state index in [1.165, 1.54) is 7.11 Å². The third kappa shape index (κ3) is 4.33. The summed E-state index contributed by atoms with van der Waals surface area (Å²) >= 11 is 6.83. The van der Waals surface area contributed by atoms with E-state index in [2.05, 4.69) is 42.4 Å². The number of hydrogen-bond acceptors (Lipinski definition) is 4. The van der Waals surface area contributed by atoms with E-state index in [9.17, 15) is 4.79 Å². The zero-order chi connectivity index (χ0) is 16.8. The van der Waals surface area contributed by atoms with Gasteiger partial charge >= 0.3 is 0 Å². The van der Waals surface area contributed by atoms with Crippen LogP contribution >= 0.6 is 31.9 Å². The molecule has 7 heteroatoms. The molecule has 5 nitrogen and oxygen atoms in total. The number of rotatable bonds is 5. The highest BCUT2D eigenvalue weighted by atomic mass is 79.9. The Morgan fingerprint density at radius 2 is 1.78 bits per heavy atom. The zero-order valence-corrected chi connectivity index (χ0v) is 15.6. The van der Waals surface area contributed by atoms with Crippen LogP contribution < -0.4 is 14.9 Å². The number of carbonyl (C=O) groups excluding carboxylic acids is 1. The van der Waals surface area contributed by atoms with Gasteiger partial charge in [0.2, 0.25) is 0 Å². The lowest BCUT2D eigenvalue weighted by molar-refractivity contribution is 0.0952. The van der Waals surface area contributed by atoms with Crippen LogP contribution in [-0.2, 0) is 0 Å². The first-order valence-electron chi connectivity index (χ1n) is 6.56.